The predicted octanol–water partition coefficient (Wildman–Crippen LogP) is 7.48. The lowest BCUT2D eigenvalue weighted by atomic mass is 10.1. The Kier molecular flexibility index (Phi) is 20.5. The number of benzene rings is 4. The molecule has 0 amide bonds. The number of piperazine rings is 2. The van der Waals surface area contributed by atoms with Gasteiger partial charge in [-0.3, -0.25) is 19.4 Å². The first-order valence-corrected chi connectivity index (χ1v) is 25.3. The number of aliphatic hydroxyl groups is 2. The monoisotopic (exact) mass is 966 g/mol. The van der Waals surface area contributed by atoms with Crippen LogP contribution in [0.1, 0.15) is 60.2 Å². The van der Waals surface area contributed by atoms with Gasteiger partial charge in [0, 0.05) is 134 Å². The van der Waals surface area contributed by atoms with Crippen molar-refractivity contribution in [2.45, 2.75) is 59.1 Å². The van der Waals surface area contributed by atoms with Gasteiger partial charge < -0.3 is 40.0 Å². The predicted molar refractivity (Wildman–Crippen MR) is 271 cm³/mol. The van der Waals surface area contributed by atoms with Gasteiger partial charge in [0.15, 0.2) is 11.6 Å². The normalized spacial score (nSPS) is 16.1. The Labute approximate surface area is 409 Å². The topological polar surface area (TPSA) is 169 Å². The number of para-hydroxylation sites is 2. The smallest absolute Gasteiger partial charge is 0.328 e. The van der Waals surface area contributed by atoms with Gasteiger partial charge in [0.1, 0.15) is 0 Å². The number of hydrogen-bond donors (Lipinski definition) is 4. The first-order valence-electron chi connectivity index (χ1n) is 23.7. The van der Waals surface area contributed by atoms with Gasteiger partial charge in [-0.05, 0) is 74.5 Å². The fraction of sp³-hybridized carbons (Fsp3) is 0.423. The van der Waals surface area contributed by atoms with Crippen molar-refractivity contribution >= 4 is 69.8 Å². The number of ketones is 2. The highest BCUT2D eigenvalue weighted by Crippen LogP contribution is 2.49. The zero-order chi connectivity index (χ0) is 48.4. The van der Waals surface area contributed by atoms with E-state index in [0.717, 1.165) is 127 Å². The maximum absolute atomic E-state index is 12.3. The van der Waals surface area contributed by atoms with Crippen LogP contribution in [0.4, 0.5) is 22.7 Å². The molecule has 14 nitrogen and oxygen atoms in total. The summed E-state index contributed by atoms with van der Waals surface area (Å²) >= 11 is 3.58. The molecule has 0 unspecified atom stereocenters. The van der Waals surface area contributed by atoms with Gasteiger partial charge in [-0.15, -0.1) is 0 Å². The number of carboxylic acids is 2. The van der Waals surface area contributed by atoms with E-state index >= 15 is 0 Å². The van der Waals surface area contributed by atoms with Gasteiger partial charge in [-0.2, -0.15) is 0 Å². The van der Waals surface area contributed by atoms with Crippen molar-refractivity contribution in [2.24, 2.45) is 0 Å². The Morgan fingerprint density at radius 2 is 0.809 bits per heavy atom. The summed E-state index contributed by atoms with van der Waals surface area (Å²) in [6, 6.07) is 29.4. The summed E-state index contributed by atoms with van der Waals surface area (Å²) in [5, 5.41) is 33.9. The molecule has 0 saturated carbocycles. The number of nitrogens with zero attached hydrogens (tertiary/aromatic N) is 6. The van der Waals surface area contributed by atoms with Gasteiger partial charge in [-0.25, -0.2) is 9.59 Å². The molecule has 0 spiro atoms. The Bertz CT molecular complexity index is 2190. The SMILES string of the molecule is CCC(=O)c1ccc2c(c1)N(CCCN1CCN(CCO)CC1)c1ccccc1S2.CCC(=O)c1ccc2c(c1)N(CCCN1CCN(CCO)CC1)c1ccccc1S2.O=C(O)C=CC(=O)O. The third kappa shape index (κ3) is 14.7. The number of anilines is 4. The van der Waals surface area contributed by atoms with Gasteiger partial charge >= 0.3 is 11.9 Å². The van der Waals surface area contributed by atoms with E-state index < -0.39 is 11.9 Å². The van der Waals surface area contributed by atoms with Gasteiger partial charge in [0.2, 0.25) is 0 Å². The second-order valence-electron chi connectivity index (χ2n) is 16.9. The van der Waals surface area contributed by atoms with E-state index in [-0.39, 0.29) is 24.8 Å². The second kappa shape index (κ2) is 26.6. The molecule has 4 heterocycles. The Morgan fingerprint density at radius 1 is 0.471 bits per heavy atom. The van der Waals surface area contributed by atoms with Crippen LogP contribution in [0.15, 0.2) is 117 Å². The standard InChI is InChI=1S/2C24H31N3O2S.C4H4O4/c2*1-2-22(29)19-8-9-24-21(18-19)27(20-6-3-4-7-23(20)30-24)11-5-10-25-12-14-26(15-13-25)16-17-28;5-3(6)1-2-4(7)8/h2*3-4,6-9,18,28H,2,5,10-17H2,1H3;1-2H,(H,5,6)(H,7,8). The molecule has 68 heavy (non-hydrogen) atoms. The number of aliphatic carboxylic acids is 2. The van der Waals surface area contributed by atoms with Crippen LogP contribution in [0, 0.1) is 0 Å². The van der Waals surface area contributed by atoms with Crippen molar-refractivity contribution in [1.29, 1.82) is 0 Å². The third-order valence-electron chi connectivity index (χ3n) is 12.4. The van der Waals surface area contributed by atoms with Crippen molar-refractivity contribution in [1.82, 2.24) is 19.6 Å². The molecule has 0 aromatic heterocycles. The molecule has 0 radical (unpaired) electrons. The molecule has 4 aromatic carbocycles. The lowest BCUT2D eigenvalue weighted by molar-refractivity contribution is -0.134. The van der Waals surface area contributed by atoms with Crippen molar-refractivity contribution in [3.05, 3.63) is 108 Å². The molecular weight excluding hydrogens is 901 g/mol. The summed E-state index contributed by atoms with van der Waals surface area (Å²) in [6.45, 7) is 18.3. The summed E-state index contributed by atoms with van der Waals surface area (Å²) in [7, 11) is 0. The van der Waals surface area contributed by atoms with E-state index in [1.165, 1.54) is 31.0 Å². The molecule has 4 aromatic rings. The highest BCUT2D eigenvalue weighted by atomic mass is 32.2. The van der Waals surface area contributed by atoms with E-state index in [0.29, 0.717) is 25.0 Å². The second-order valence-corrected chi connectivity index (χ2v) is 19.1. The minimum Gasteiger partial charge on any atom is -0.478 e. The molecule has 364 valence electrons. The molecule has 2 fully saturated rings. The summed E-state index contributed by atoms with van der Waals surface area (Å²) < 4.78 is 0. The average Bonchev–Trinajstić information content (AvgIpc) is 3.36. The Morgan fingerprint density at radius 3 is 1.15 bits per heavy atom. The number of carbonyl (C=O) groups is 4. The highest BCUT2D eigenvalue weighted by Gasteiger charge is 2.27. The Hall–Kier alpha value is -5.04. The number of β-amino-alcohol motifs (C(OH)–C–C–N with tert-alkyl or cyclic N) is 2. The molecule has 0 aliphatic carbocycles. The summed E-state index contributed by atoms with van der Waals surface area (Å²) in [4.78, 5) is 63.2. The first-order chi connectivity index (χ1) is 33.0. The average molecular weight is 967 g/mol. The zero-order valence-electron chi connectivity index (χ0n) is 39.3. The molecule has 4 aliphatic rings. The lowest BCUT2D eigenvalue weighted by Crippen LogP contribution is -2.47. The molecular formula is C52H66N6O8S2. The number of carboxylic acid groups (broad SMARTS) is 2. The van der Waals surface area contributed by atoms with Gasteiger partial charge in [0.25, 0.3) is 0 Å². The molecule has 4 aliphatic heterocycles. The van der Waals surface area contributed by atoms with Crippen molar-refractivity contribution in [3.63, 3.8) is 0 Å². The number of fused-ring (bicyclic) bond motifs is 4. The maximum atomic E-state index is 12.3. The minimum absolute atomic E-state index is 0.197. The van der Waals surface area contributed by atoms with Gasteiger partial charge in [-0.1, -0.05) is 73.8 Å². The third-order valence-corrected chi connectivity index (χ3v) is 14.6. The largest absolute Gasteiger partial charge is 0.478 e. The van der Waals surface area contributed by atoms with Crippen molar-refractivity contribution < 1.29 is 39.6 Å². The molecule has 2 saturated heterocycles. The van der Waals surface area contributed by atoms with Crippen LogP contribution < -0.4 is 9.80 Å². The number of rotatable bonds is 18. The molecule has 8 rings (SSSR count). The fourth-order valence-corrected chi connectivity index (χ4v) is 10.9. The van der Waals surface area contributed by atoms with Crippen molar-refractivity contribution in [2.75, 3.05) is 115 Å². The number of aliphatic hydroxyl groups excluding tert-OH is 2. The first kappa shape index (κ1) is 52.3. The number of carbonyl (C=O) groups excluding carboxylic acids is 2. The summed E-state index contributed by atoms with van der Waals surface area (Å²) in [6.07, 6.45) is 4.33. The van der Waals surface area contributed by atoms with E-state index in [1.807, 2.05) is 26.0 Å². The van der Waals surface area contributed by atoms with E-state index in [2.05, 4.69) is 102 Å². The van der Waals surface area contributed by atoms with Crippen LogP contribution in [0.3, 0.4) is 0 Å². The van der Waals surface area contributed by atoms with Crippen LogP contribution in [0.2, 0.25) is 0 Å². The van der Waals surface area contributed by atoms with E-state index in [1.54, 1.807) is 23.5 Å². The van der Waals surface area contributed by atoms with Crippen molar-refractivity contribution in [3.8, 4) is 0 Å². The fourth-order valence-electron chi connectivity index (χ4n) is 8.70. The van der Waals surface area contributed by atoms with Crippen LogP contribution in [-0.2, 0) is 9.59 Å². The molecule has 0 bridgehead atoms. The highest BCUT2D eigenvalue weighted by molar-refractivity contribution is 8.00. The lowest BCUT2D eigenvalue weighted by Gasteiger charge is -2.36. The summed E-state index contributed by atoms with van der Waals surface area (Å²) in [5.41, 5.74) is 6.41. The Balaban J connectivity index is 0.000000193. The molecule has 4 N–H and O–H groups in total. The van der Waals surface area contributed by atoms with Crippen LogP contribution in [0.25, 0.3) is 0 Å². The maximum Gasteiger partial charge on any atom is 0.328 e. The zero-order valence-corrected chi connectivity index (χ0v) is 40.9. The molecule has 16 heteroatoms. The minimum atomic E-state index is -1.26. The molecule has 0 atom stereocenters. The van der Waals surface area contributed by atoms with Crippen LogP contribution in [0.5, 0.6) is 0 Å². The number of hydrogen-bond acceptors (Lipinski definition) is 14. The van der Waals surface area contributed by atoms with E-state index in [9.17, 15) is 19.2 Å². The van der Waals surface area contributed by atoms with E-state index in [4.69, 9.17) is 20.4 Å². The quantitative estimate of drug-likeness (QED) is 0.0572. The number of Topliss-reactive ketones (excluding diaryl/α,β-unsaturated/α-hetero) is 2. The summed E-state index contributed by atoms with van der Waals surface area (Å²) in [5.74, 6) is -2.12. The van der Waals surface area contributed by atoms with Gasteiger partial charge in [0.05, 0.1) is 36.0 Å². The van der Waals surface area contributed by atoms with Crippen LogP contribution >= 0.6 is 23.5 Å². The van der Waals surface area contributed by atoms with Crippen LogP contribution in [-0.4, -0.2) is 168 Å².